The minimum atomic E-state index is -0.0407. The lowest BCUT2D eigenvalue weighted by Gasteiger charge is -2.13. The van der Waals surface area contributed by atoms with Crippen molar-refractivity contribution in [3.8, 4) is 11.5 Å². The molecular weight excluding hydrogens is 456 g/mol. The monoisotopic (exact) mass is 486 g/mol. The van der Waals surface area contributed by atoms with Gasteiger partial charge in [0.2, 0.25) is 0 Å². The molecule has 35 heavy (non-hydrogen) atoms. The molecule has 4 rings (SSSR count). The van der Waals surface area contributed by atoms with Gasteiger partial charge < -0.3 is 9.47 Å². The van der Waals surface area contributed by atoms with Crippen LogP contribution in [0.2, 0.25) is 0 Å². The highest BCUT2D eigenvalue weighted by atomic mass is 32.2. The molecule has 1 amide bonds. The molecule has 0 bridgehead atoms. The van der Waals surface area contributed by atoms with Gasteiger partial charge in [-0.3, -0.25) is 9.69 Å². The molecule has 0 unspecified atom stereocenters. The number of thioether (sulfide) groups is 1. The molecule has 0 spiro atoms. The van der Waals surface area contributed by atoms with Gasteiger partial charge in [-0.15, -0.1) is 0 Å². The fourth-order valence-electron chi connectivity index (χ4n) is 3.72. The van der Waals surface area contributed by atoms with E-state index in [1.165, 1.54) is 22.9 Å². The minimum absolute atomic E-state index is 0.0407. The van der Waals surface area contributed by atoms with Crippen molar-refractivity contribution in [3.63, 3.8) is 0 Å². The van der Waals surface area contributed by atoms with Crippen LogP contribution in [-0.4, -0.2) is 29.1 Å². The first kappa shape index (κ1) is 24.6. The Balaban J connectivity index is 1.56. The molecule has 3 aromatic carbocycles. The van der Waals surface area contributed by atoms with Crippen LogP contribution < -0.4 is 9.47 Å². The smallest absolute Gasteiger partial charge is 0.266 e. The van der Waals surface area contributed by atoms with E-state index in [0.717, 1.165) is 16.8 Å². The first-order valence-electron chi connectivity index (χ1n) is 11.8. The Morgan fingerprint density at radius 3 is 2.43 bits per heavy atom. The molecule has 0 saturated carbocycles. The van der Waals surface area contributed by atoms with Gasteiger partial charge in [-0.25, -0.2) is 4.99 Å². The Hall–Kier alpha value is -3.51. The molecule has 1 fully saturated rings. The lowest BCUT2D eigenvalue weighted by molar-refractivity contribution is -0.122. The van der Waals surface area contributed by atoms with Gasteiger partial charge in [-0.2, -0.15) is 0 Å². The minimum Gasteiger partial charge on any atom is -0.490 e. The van der Waals surface area contributed by atoms with Gasteiger partial charge >= 0.3 is 0 Å². The number of aryl methyl sites for hydroxylation is 2. The molecule has 0 atom stereocenters. The van der Waals surface area contributed by atoms with E-state index in [1.54, 1.807) is 4.90 Å². The van der Waals surface area contributed by atoms with E-state index >= 15 is 0 Å². The van der Waals surface area contributed by atoms with Gasteiger partial charge in [0.05, 0.1) is 17.2 Å². The number of likely N-dealkylation sites (N-methyl/N-ethyl adjacent to an activating group) is 1. The molecule has 6 heteroatoms. The second-order valence-electron chi connectivity index (χ2n) is 8.31. The third kappa shape index (κ3) is 6.14. The zero-order valence-electron chi connectivity index (χ0n) is 20.6. The topological polar surface area (TPSA) is 51.1 Å². The molecule has 1 heterocycles. The predicted octanol–water partition coefficient (Wildman–Crippen LogP) is 6.91. The summed E-state index contributed by atoms with van der Waals surface area (Å²) in [4.78, 5) is 20.1. The summed E-state index contributed by atoms with van der Waals surface area (Å²) in [6, 6.07) is 22.0. The van der Waals surface area contributed by atoms with Crippen molar-refractivity contribution in [2.24, 2.45) is 4.99 Å². The van der Waals surface area contributed by atoms with Crippen molar-refractivity contribution in [2.75, 3.05) is 13.2 Å². The summed E-state index contributed by atoms with van der Waals surface area (Å²) in [5.74, 6) is 1.30. The fraction of sp³-hybridized carbons (Fsp3) is 0.241. The molecule has 1 saturated heterocycles. The van der Waals surface area contributed by atoms with Crippen molar-refractivity contribution in [1.29, 1.82) is 0 Å². The number of carbonyl (C=O) groups is 1. The Kier molecular flexibility index (Phi) is 7.93. The van der Waals surface area contributed by atoms with Crippen LogP contribution in [-0.2, 0) is 11.4 Å². The summed E-state index contributed by atoms with van der Waals surface area (Å²) in [7, 11) is 0. The molecule has 1 aliphatic rings. The number of hydrogen-bond acceptors (Lipinski definition) is 5. The first-order valence-corrected chi connectivity index (χ1v) is 12.6. The van der Waals surface area contributed by atoms with Gasteiger partial charge in [0, 0.05) is 6.54 Å². The lowest BCUT2D eigenvalue weighted by atomic mass is 10.1. The summed E-state index contributed by atoms with van der Waals surface area (Å²) in [6.07, 6.45) is 1.89. The van der Waals surface area contributed by atoms with Gasteiger partial charge in [-0.1, -0.05) is 53.6 Å². The Bertz CT molecular complexity index is 1270. The van der Waals surface area contributed by atoms with Crippen molar-refractivity contribution >= 4 is 34.6 Å². The van der Waals surface area contributed by atoms with Crippen LogP contribution in [0.25, 0.3) is 6.08 Å². The lowest BCUT2D eigenvalue weighted by Crippen LogP contribution is -2.28. The van der Waals surface area contributed by atoms with Crippen LogP contribution in [0.4, 0.5) is 5.69 Å². The van der Waals surface area contributed by atoms with Crippen molar-refractivity contribution in [2.45, 2.75) is 34.3 Å². The van der Waals surface area contributed by atoms with Crippen LogP contribution in [0.3, 0.4) is 0 Å². The van der Waals surface area contributed by atoms with E-state index in [2.05, 4.69) is 19.1 Å². The highest BCUT2D eigenvalue weighted by molar-refractivity contribution is 8.18. The molecule has 0 N–H and O–H groups in total. The van der Waals surface area contributed by atoms with Crippen LogP contribution in [0.5, 0.6) is 11.5 Å². The second-order valence-corrected chi connectivity index (χ2v) is 9.32. The molecule has 0 aliphatic carbocycles. The number of rotatable bonds is 8. The maximum absolute atomic E-state index is 13.1. The van der Waals surface area contributed by atoms with Gasteiger partial charge in [-0.05, 0) is 80.9 Å². The third-order valence-electron chi connectivity index (χ3n) is 5.51. The number of amides is 1. The van der Waals surface area contributed by atoms with Gasteiger partial charge in [0.1, 0.15) is 6.61 Å². The molecule has 180 valence electrons. The first-order chi connectivity index (χ1) is 17.0. The summed E-state index contributed by atoms with van der Waals surface area (Å²) in [6.45, 7) is 9.55. The van der Waals surface area contributed by atoms with Gasteiger partial charge in [0.25, 0.3) is 5.91 Å². The van der Waals surface area contributed by atoms with Gasteiger partial charge in [0.15, 0.2) is 16.7 Å². The predicted molar refractivity (Wildman–Crippen MR) is 144 cm³/mol. The van der Waals surface area contributed by atoms with E-state index in [-0.39, 0.29) is 5.91 Å². The molecular formula is C29H30N2O3S. The van der Waals surface area contributed by atoms with Crippen LogP contribution >= 0.6 is 11.8 Å². The average Bonchev–Trinajstić information content (AvgIpc) is 3.13. The number of carbonyl (C=O) groups excluding carboxylic acids is 1. The quantitative estimate of drug-likeness (QED) is 0.325. The summed E-state index contributed by atoms with van der Waals surface area (Å²) < 4.78 is 11.9. The number of amidine groups is 1. The van der Waals surface area contributed by atoms with E-state index in [1.807, 2.05) is 81.4 Å². The zero-order chi connectivity index (χ0) is 24.8. The number of nitrogens with zero attached hydrogens (tertiary/aromatic N) is 2. The van der Waals surface area contributed by atoms with E-state index < -0.39 is 0 Å². The normalized spacial score (nSPS) is 15.8. The summed E-state index contributed by atoms with van der Waals surface area (Å²) >= 11 is 1.39. The zero-order valence-corrected chi connectivity index (χ0v) is 21.4. The Labute approximate surface area is 211 Å². The van der Waals surface area contributed by atoms with E-state index in [0.29, 0.717) is 41.3 Å². The number of hydrogen-bond donors (Lipinski definition) is 0. The fourth-order valence-corrected chi connectivity index (χ4v) is 4.78. The summed E-state index contributed by atoms with van der Waals surface area (Å²) in [5, 5.41) is 0.691. The van der Waals surface area contributed by atoms with Crippen LogP contribution in [0.1, 0.15) is 36.1 Å². The van der Waals surface area contributed by atoms with Crippen molar-refractivity contribution in [3.05, 3.63) is 93.9 Å². The maximum Gasteiger partial charge on any atom is 0.266 e. The maximum atomic E-state index is 13.1. The highest BCUT2D eigenvalue weighted by Gasteiger charge is 2.32. The molecule has 5 nitrogen and oxygen atoms in total. The standard InChI is InChI=1S/C29H30N2O3S/c1-5-31-28(32)27(35-29(31)30-24-13-10-20(3)11-14-24)18-22-12-15-25(26(17-22)33-6-2)34-19-23-9-7-8-21(4)16-23/h7-18H,5-6,19H2,1-4H3/b27-18+,30-29?. The number of benzene rings is 3. The molecule has 0 aromatic heterocycles. The number of ether oxygens (including phenoxy) is 2. The van der Waals surface area contributed by atoms with Crippen LogP contribution in [0.15, 0.2) is 76.6 Å². The largest absolute Gasteiger partial charge is 0.490 e. The third-order valence-corrected chi connectivity index (χ3v) is 6.51. The van der Waals surface area contributed by atoms with E-state index in [9.17, 15) is 4.79 Å². The Morgan fingerprint density at radius 1 is 0.914 bits per heavy atom. The summed E-state index contributed by atoms with van der Waals surface area (Å²) in [5.41, 5.74) is 5.18. The highest BCUT2D eigenvalue weighted by Crippen LogP contribution is 2.36. The van der Waals surface area contributed by atoms with Crippen LogP contribution in [0, 0.1) is 13.8 Å². The van der Waals surface area contributed by atoms with Crippen molar-refractivity contribution in [1.82, 2.24) is 4.90 Å². The van der Waals surface area contributed by atoms with Crippen molar-refractivity contribution < 1.29 is 14.3 Å². The molecule has 1 aliphatic heterocycles. The SMILES string of the molecule is CCOc1cc(/C=C2/SC(=Nc3ccc(C)cc3)N(CC)C2=O)ccc1OCc1cccc(C)c1. The average molecular weight is 487 g/mol. The molecule has 3 aromatic rings. The van der Waals surface area contributed by atoms with E-state index in [4.69, 9.17) is 14.5 Å². The second kappa shape index (κ2) is 11.3. The Morgan fingerprint density at radius 2 is 1.71 bits per heavy atom. The number of aliphatic imine (C=N–C) groups is 1. The molecule has 0 radical (unpaired) electrons.